The van der Waals surface area contributed by atoms with Crippen molar-refractivity contribution in [3.63, 3.8) is 0 Å². The summed E-state index contributed by atoms with van der Waals surface area (Å²) in [5.74, 6) is -0.246. The number of hydrogen-bond acceptors (Lipinski definition) is 5. The molecule has 0 unspecified atom stereocenters. The lowest BCUT2D eigenvalue weighted by Crippen LogP contribution is -2.35. The minimum Gasteiger partial charge on any atom is -0.394 e. The van der Waals surface area contributed by atoms with E-state index in [1.54, 1.807) is 23.6 Å². The lowest BCUT2D eigenvalue weighted by Gasteiger charge is -2.08. The van der Waals surface area contributed by atoms with Gasteiger partial charge in [-0.05, 0) is 18.4 Å². The zero-order valence-corrected chi connectivity index (χ0v) is 10.8. The molecule has 0 saturated heterocycles. The number of aromatic nitrogens is 1. The molecule has 2 N–H and O–H groups in total. The van der Waals surface area contributed by atoms with E-state index in [2.05, 4.69) is 10.3 Å². The number of nitrogens with one attached hydrogen (secondary N) is 1. The molecule has 2 aromatic heterocycles. The molecule has 6 heteroatoms. The Balaban J connectivity index is 2.11. The highest BCUT2D eigenvalue weighted by atomic mass is 32.1. The van der Waals surface area contributed by atoms with Crippen LogP contribution in [0.5, 0.6) is 0 Å². The molecule has 2 rings (SSSR count). The van der Waals surface area contributed by atoms with Crippen molar-refractivity contribution in [2.45, 2.75) is 13.0 Å². The molecule has 0 aliphatic carbocycles. The van der Waals surface area contributed by atoms with E-state index in [1.807, 2.05) is 16.8 Å². The Labute approximate surface area is 107 Å². The number of amides is 1. The molecule has 0 aliphatic rings. The van der Waals surface area contributed by atoms with Crippen LogP contribution in [0, 0.1) is 0 Å². The standard InChI is InChI=1S/C11H12N2O2S2/c1-7(4-14)12-10(15)9-6-17-11(13-9)8-2-3-16-5-8/h2-3,5-7,14H,4H2,1H3,(H,12,15)/t7-/m1/s1. The topological polar surface area (TPSA) is 62.2 Å². The predicted octanol–water partition coefficient (Wildman–Crippen LogP) is 1.98. The van der Waals surface area contributed by atoms with Crippen molar-refractivity contribution in [2.75, 3.05) is 6.61 Å². The van der Waals surface area contributed by atoms with E-state index < -0.39 is 0 Å². The summed E-state index contributed by atoms with van der Waals surface area (Å²) in [6.07, 6.45) is 0. The van der Waals surface area contributed by atoms with E-state index in [0.29, 0.717) is 5.69 Å². The molecule has 0 saturated carbocycles. The third-order valence-electron chi connectivity index (χ3n) is 2.16. The molecule has 0 spiro atoms. The van der Waals surface area contributed by atoms with Crippen LogP contribution >= 0.6 is 22.7 Å². The van der Waals surface area contributed by atoms with Crippen molar-refractivity contribution in [3.8, 4) is 10.6 Å². The zero-order valence-electron chi connectivity index (χ0n) is 9.21. The maximum Gasteiger partial charge on any atom is 0.271 e. The van der Waals surface area contributed by atoms with Crippen LogP contribution < -0.4 is 5.32 Å². The Morgan fingerprint density at radius 1 is 1.59 bits per heavy atom. The fourth-order valence-corrected chi connectivity index (χ4v) is 2.75. The van der Waals surface area contributed by atoms with Crippen LogP contribution in [0.25, 0.3) is 10.6 Å². The normalized spacial score (nSPS) is 12.4. The molecule has 0 aliphatic heterocycles. The van der Waals surface area contributed by atoms with Gasteiger partial charge in [0.15, 0.2) is 0 Å². The summed E-state index contributed by atoms with van der Waals surface area (Å²) in [4.78, 5) is 16.0. The molecular formula is C11H12N2O2S2. The summed E-state index contributed by atoms with van der Waals surface area (Å²) in [6, 6.07) is 1.72. The van der Waals surface area contributed by atoms with E-state index in [0.717, 1.165) is 10.6 Å². The van der Waals surface area contributed by atoms with Gasteiger partial charge in [0.05, 0.1) is 6.61 Å². The molecule has 1 amide bonds. The summed E-state index contributed by atoms with van der Waals surface area (Å²) in [5, 5.41) is 18.1. The van der Waals surface area contributed by atoms with Crippen LogP contribution in [0.4, 0.5) is 0 Å². The first-order valence-corrected chi connectivity index (χ1v) is 6.92. The first-order valence-electron chi connectivity index (χ1n) is 5.10. The third-order valence-corrected chi connectivity index (χ3v) is 3.73. The smallest absolute Gasteiger partial charge is 0.271 e. The number of rotatable bonds is 4. The summed E-state index contributed by atoms with van der Waals surface area (Å²) >= 11 is 3.04. The van der Waals surface area contributed by atoms with Gasteiger partial charge in [-0.15, -0.1) is 11.3 Å². The molecule has 4 nitrogen and oxygen atoms in total. The molecule has 1 atom stereocenters. The van der Waals surface area contributed by atoms with Crippen molar-refractivity contribution >= 4 is 28.6 Å². The number of aliphatic hydroxyl groups is 1. The average Bonchev–Trinajstić information content (AvgIpc) is 2.98. The molecular weight excluding hydrogens is 256 g/mol. The molecule has 17 heavy (non-hydrogen) atoms. The Kier molecular flexibility index (Phi) is 3.88. The summed E-state index contributed by atoms with van der Waals surface area (Å²) in [6.45, 7) is 1.66. The Bertz CT molecular complexity index is 493. The first kappa shape index (κ1) is 12.2. The minimum absolute atomic E-state index is 0.0761. The zero-order chi connectivity index (χ0) is 12.3. The largest absolute Gasteiger partial charge is 0.394 e. The fourth-order valence-electron chi connectivity index (χ4n) is 1.24. The van der Waals surface area contributed by atoms with Crippen LogP contribution in [0.2, 0.25) is 0 Å². The lowest BCUT2D eigenvalue weighted by molar-refractivity contribution is 0.0918. The SMILES string of the molecule is C[C@H](CO)NC(=O)c1csc(-c2ccsc2)n1. The minimum atomic E-state index is -0.256. The quantitative estimate of drug-likeness (QED) is 0.891. The number of carbonyl (C=O) groups excluding carboxylic acids is 1. The molecule has 0 aromatic carbocycles. The highest BCUT2D eigenvalue weighted by Gasteiger charge is 2.13. The van der Waals surface area contributed by atoms with Gasteiger partial charge in [-0.1, -0.05) is 0 Å². The predicted molar refractivity (Wildman–Crippen MR) is 69.4 cm³/mol. The van der Waals surface area contributed by atoms with Crippen LogP contribution in [0.15, 0.2) is 22.2 Å². The second-order valence-corrected chi connectivity index (χ2v) is 5.25. The first-order chi connectivity index (χ1) is 8.20. The Hall–Kier alpha value is -1.24. The lowest BCUT2D eigenvalue weighted by atomic mass is 10.3. The van der Waals surface area contributed by atoms with Gasteiger partial charge in [0.1, 0.15) is 10.7 Å². The van der Waals surface area contributed by atoms with E-state index >= 15 is 0 Å². The monoisotopic (exact) mass is 268 g/mol. The van der Waals surface area contributed by atoms with Gasteiger partial charge in [0, 0.05) is 22.4 Å². The summed E-state index contributed by atoms with van der Waals surface area (Å²) < 4.78 is 0. The van der Waals surface area contributed by atoms with Crippen molar-refractivity contribution in [3.05, 3.63) is 27.9 Å². The Morgan fingerprint density at radius 2 is 2.41 bits per heavy atom. The van der Waals surface area contributed by atoms with E-state index in [-0.39, 0.29) is 18.6 Å². The van der Waals surface area contributed by atoms with Crippen LogP contribution in [-0.4, -0.2) is 28.6 Å². The van der Waals surface area contributed by atoms with Crippen LogP contribution in [0.1, 0.15) is 17.4 Å². The number of aliphatic hydroxyl groups excluding tert-OH is 1. The van der Waals surface area contributed by atoms with Gasteiger partial charge in [-0.3, -0.25) is 4.79 Å². The van der Waals surface area contributed by atoms with Crippen LogP contribution in [-0.2, 0) is 0 Å². The number of nitrogens with zero attached hydrogens (tertiary/aromatic N) is 1. The van der Waals surface area contributed by atoms with E-state index in [4.69, 9.17) is 5.11 Å². The highest BCUT2D eigenvalue weighted by Crippen LogP contribution is 2.25. The van der Waals surface area contributed by atoms with Gasteiger partial charge in [0.2, 0.25) is 0 Å². The average molecular weight is 268 g/mol. The number of hydrogen-bond donors (Lipinski definition) is 2. The van der Waals surface area contributed by atoms with Crippen molar-refractivity contribution in [1.29, 1.82) is 0 Å². The third kappa shape index (κ3) is 2.91. The molecule has 0 fully saturated rings. The van der Waals surface area contributed by atoms with Crippen molar-refractivity contribution < 1.29 is 9.90 Å². The maximum atomic E-state index is 11.7. The van der Waals surface area contributed by atoms with Gasteiger partial charge in [-0.2, -0.15) is 11.3 Å². The van der Waals surface area contributed by atoms with Crippen molar-refractivity contribution in [2.24, 2.45) is 0 Å². The van der Waals surface area contributed by atoms with Crippen molar-refractivity contribution in [1.82, 2.24) is 10.3 Å². The molecule has 90 valence electrons. The maximum absolute atomic E-state index is 11.7. The van der Waals surface area contributed by atoms with Crippen LogP contribution in [0.3, 0.4) is 0 Å². The molecule has 0 radical (unpaired) electrons. The van der Waals surface area contributed by atoms with Gasteiger partial charge in [0.25, 0.3) is 5.91 Å². The van der Waals surface area contributed by atoms with E-state index in [1.165, 1.54) is 11.3 Å². The fraction of sp³-hybridized carbons (Fsp3) is 0.273. The second kappa shape index (κ2) is 5.39. The van der Waals surface area contributed by atoms with Gasteiger partial charge < -0.3 is 10.4 Å². The molecule has 0 bridgehead atoms. The highest BCUT2D eigenvalue weighted by molar-refractivity contribution is 7.14. The molecule has 2 heterocycles. The van der Waals surface area contributed by atoms with Gasteiger partial charge >= 0.3 is 0 Å². The summed E-state index contributed by atoms with van der Waals surface area (Å²) in [5.41, 5.74) is 1.44. The number of thiazole rings is 1. The second-order valence-electron chi connectivity index (χ2n) is 3.61. The van der Waals surface area contributed by atoms with Gasteiger partial charge in [-0.25, -0.2) is 4.98 Å². The molecule has 2 aromatic rings. The number of thiophene rings is 1. The van der Waals surface area contributed by atoms with E-state index in [9.17, 15) is 4.79 Å². The number of carbonyl (C=O) groups is 1. The summed E-state index contributed by atoms with van der Waals surface area (Å²) in [7, 11) is 0. The Morgan fingerprint density at radius 3 is 3.06 bits per heavy atom.